The third-order valence-corrected chi connectivity index (χ3v) is 11.7. The number of nitro groups is 3. The van der Waals surface area contributed by atoms with Crippen molar-refractivity contribution in [1.82, 2.24) is 34.4 Å². The Bertz CT molecular complexity index is 3110. The number of nitrogens with one attached hydrogen (secondary N) is 2. The van der Waals surface area contributed by atoms with E-state index in [1.165, 1.54) is 19.1 Å². The van der Waals surface area contributed by atoms with Crippen LogP contribution in [0, 0.1) is 37.8 Å². The molecule has 2 N–H and O–H groups in total. The van der Waals surface area contributed by atoms with Gasteiger partial charge in [-0.05, 0) is 121 Å². The maximum Gasteiger partial charge on any atom is 0.385 e. The lowest BCUT2D eigenvalue weighted by molar-refractivity contribution is -0.882. The Labute approximate surface area is 487 Å². The molecule has 0 bridgehead atoms. The molecule has 3 heterocycles. The first-order valence-corrected chi connectivity index (χ1v) is 26.9. The van der Waals surface area contributed by atoms with Crippen LogP contribution in [0.15, 0.2) is 137 Å². The number of hydrogen-bond donors (Lipinski definition) is 2. The molecule has 0 aliphatic rings. The summed E-state index contributed by atoms with van der Waals surface area (Å²) >= 11 is 10.1. The first-order chi connectivity index (χ1) is 36.9. The molecule has 0 spiro atoms. The monoisotopic (exact) mass is 1280 g/mol. The number of quaternary nitrogens is 1. The zero-order chi connectivity index (χ0) is 58.4. The molecular formula is C55H70Br3N13O8. The average molecular weight is 1280 g/mol. The number of alkyl halides is 1. The smallest absolute Gasteiger partial charge is 0.358 e. The number of nitrogens with zero attached hydrogens (tertiary/aromatic N) is 11. The Balaban J connectivity index is 0.000000571. The van der Waals surface area contributed by atoms with E-state index in [0.29, 0.717) is 23.9 Å². The molecule has 0 aliphatic heterocycles. The lowest BCUT2D eigenvalue weighted by Crippen LogP contribution is -2.39. The minimum Gasteiger partial charge on any atom is -0.358 e. The Morgan fingerprint density at radius 3 is 1.49 bits per heavy atom. The number of aromatic nitrogens is 6. The summed E-state index contributed by atoms with van der Waals surface area (Å²) < 4.78 is 4.46. The van der Waals surface area contributed by atoms with Crippen LogP contribution in [0.4, 0.5) is 28.8 Å². The predicted octanol–water partition coefficient (Wildman–Crippen LogP) is 12.1. The maximum atomic E-state index is 12.4. The summed E-state index contributed by atoms with van der Waals surface area (Å²) in [6, 6.07) is 27.5. The van der Waals surface area contributed by atoms with E-state index in [1.54, 1.807) is 30.1 Å². The second-order valence-electron chi connectivity index (χ2n) is 17.8. The topological polar surface area (TPSA) is 260 Å². The van der Waals surface area contributed by atoms with Gasteiger partial charge in [0.25, 0.3) is 0 Å². The zero-order valence-corrected chi connectivity index (χ0v) is 51.2. The van der Waals surface area contributed by atoms with Crippen LogP contribution in [0.2, 0.25) is 0 Å². The van der Waals surface area contributed by atoms with E-state index in [4.69, 9.17) is 20.2 Å². The molecule has 79 heavy (non-hydrogen) atoms. The number of likely N-dealkylation sites (N-methyl/N-ethyl adjacent to an activating group) is 2. The molecule has 0 radical (unpaired) electrons. The van der Waals surface area contributed by atoms with E-state index in [0.717, 1.165) is 103 Å². The molecule has 4 aromatic carbocycles. The number of benzene rings is 4. The van der Waals surface area contributed by atoms with Crippen LogP contribution < -0.4 is 10.6 Å². The van der Waals surface area contributed by atoms with E-state index in [9.17, 15) is 19.7 Å². The van der Waals surface area contributed by atoms with Gasteiger partial charge in [0.2, 0.25) is 6.33 Å². The minimum atomic E-state index is -0.500. The Kier molecular flexibility index (Phi) is 32.5. The van der Waals surface area contributed by atoms with Gasteiger partial charge in [0, 0.05) is 67.4 Å². The molecule has 0 amide bonds. The van der Waals surface area contributed by atoms with Crippen molar-refractivity contribution in [2.24, 2.45) is 7.05 Å². The molecule has 21 nitrogen and oxygen atoms in total. The number of fused-ring (bicyclic) bond motifs is 2. The molecule has 0 aliphatic carbocycles. The molecular weight excluding hydrogens is 1210 g/mol. The zero-order valence-electron chi connectivity index (χ0n) is 46.4. The molecule has 3 aromatic heterocycles. The third kappa shape index (κ3) is 27.8. The number of hydrogen-bond acceptors (Lipinski definition) is 16. The maximum absolute atomic E-state index is 12.4. The highest BCUT2D eigenvalue weighted by Crippen LogP contribution is 2.28. The molecule has 0 atom stereocenters. The molecule has 24 heteroatoms. The van der Waals surface area contributed by atoms with Crippen molar-refractivity contribution in [2.45, 2.75) is 45.4 Å². The molecule has 0 saturated heterocycles. The van der Waals surface area contributed by atoms with Crippen molar-refractivity contribution in [3.63, 3.8) is 0 Å². The van der Waals surface area contributed by atoms with Crippen LogP contribution in [0.3, 0.4) is 0 Å². The van der Waals surface area contributed by atoms with Gasteiger partial charge in [0.15, 0.2) is 25.7 Å². The van der Waals surface area contributed by atoms with E-state index in [1.807, 2.05) is 116 Å². The van der Waals surface area contributed by atoms with Gasteiger partial charge in [-0.25, -0.2) is 19.9 Å². The van der Waals surface area contributed by atoms with Crippen LogP contribution >= 0.6 is 47.8 Å². The lowest BCUT2D eigenvalue weighted by atomic mass is 10.1. The highest BCUT2D eigenvalue weighted by Gasteiger charge is 2.18. The highest BCUT2D eigenvalue weighted by molar-refractivity contribution is 9.10. The Morgan fingerprint density at radius 1 is 0.696 bits per heavy atom. The van der Waals surface area contributed by atoms with Crippen molar-refractivity contribution in [3.05, 3.63) is 192 Å². The van der Waals surface area contributed by atoms with Gasteiger partial charge >= 0.3 is 5.82 Å². The summed E-state index contributed by atoms with van der Waals surface area (Å²) in [5.74, 6) is 1.54. The van der Waals surface area contributed by atoms with Crippen LogP contribution in [0.5, 0.6) is 0 Å². The predicted molar refractivity (Wildman–Crippen MR) is 326 cm³/mol. The normalized spacial score (nSPS) is 10.5. The van der Waals surface area contributed by atoms with Gasteiger partial charge in [-0.15, -0.1) is 0 Å². The molecule has 0 fully saturated rings. The van der Waals surface area contributed by atoms with Crippen LogP contribution in [0.25, 0.3) is 21.8 Å². The second-order valence-corrected chi connectivity index (χ2v) is 20.2. The van der Waals surface area contributed by atoms with E-state index in [-0.39, 0.29) is 24.8 Å². The first kappa shape index (κ1) is 69.8. The van der Waals surface area contributed by atoms with Gasteiger partial charge in [-0.1, -0.05) is 98.4 Å². The van der Waals surface area contributed by atoms with Gasteiger partial charge in [0.05, 0.1) is 43.5 Å². The number of carbonyl (C=O) groups is 2. The van der Waals surface area contributed by atoms with Crippen LogP contribution in [-0.2, 0) is 34.8 Å². The number of anilines is 4. The second kappa shape index (κ2) is 36.8. The van der Waals surface area contributed by atoms with Gasteiger partial charge < -0.3 is 42.1 Å². The highest BCUT2D eigenvalue weighted by atomic mass is 79.9. The number of carbonyl (C=O) groups excluding carboxylic acids is 2. The average Bonchev–Trinajstić information content (AvgIpc) is 3.75. The summed E-state index contributed by atoms with van der Waals surface area (Å²) in [6.45, 7) is 9.01. The first-order valence-electron chi connectivity index (χ1n) is 24.2. The van der Waals surface area contributed by atoms with Crippen molar-refractivity contribution in [1.29, 1.82) is 0 Å². The van der Waals surface area contributed by atoms with Crippen molar-refractivity contribution in [3.8, 4) is 0 Å². The summed E-state index contributed by atoms with van der Waals surface area (Å²) in [5.41, 5.74) is 6.00. The quantitative estimate of drug-likeness (QED) is 0.0214. The number of aryl methyl sites for hydroxylation is 1. The SMILES string of the molecule is CCC.CC[N+](C)(C)C/C=C/C(=O)Cc1ccc2ncnc(Nc3cccc(Br)c3)c2c1.CN(C)C/C=C/C(=O)Cc1ccc2ncnc(Nc3cccc(Br)c3)c2c1.C[N+](=O)[O-].C[N+](=O)[O-].Cn1cnc([N+](=O)[O-])c1CBr.[CH3-]. The summed E-state index contributed by atoms with van der Waals surface area (Å²) in [7, 11) is 11.7. The third-order valence-electron chi connectivity index (χ3n) is 10.2. The molecule has 0 unspecified atom stereocenters. The number of halogens is 3. The van der Waals surface area contributed by atoms with E-state index in [2.05, 4.69) is 118 Å². The van der Waals surface area contributed by atoms with Crippen LogP contribution in [-0.4, -0.2) is 127 Å². The van der Waals surface area contributed by atoms with E-state index < -0.39 is 14.8 Å². The van der Waals surface area contributed by atoms with Gasteiger partial charge in [-0.3, -0.25) is 29.8 Å². The molecule has 7 aromatic rings. The summed E-state index contributed by atoms with van der Waals surface area (Å²) in [5, 5.41) is 36.8. The molecule has 0 saturated carbocycles. The van der Waals surface area contributed by atoms with Gasteiger partial charge in [-0.2, -0.15) is 0 Å². The number of allylic oxidation sites excluding steroid dienone is 2. The van der Waals surface area contributed by atoms with Crippen molar-refractivity contribution in [2.75, 3.05) is 72.6 Å². The van der Waals surface area contributed by atoms with Crippen molar-refractivity contribution < 1.29 is 28.8 Å². The largest absolute Gasteiger partial charge is 0.385 e. The lowest BCUT2D eigenvalue weighted by Gasteiger charge is -2.26. The standard InChI is InChI=1S/C23H26BrN4O.C21H21BrN4O.C5H6BrN3O2.C3H8.2CH3NO2.CH3/c1-4-28(2,3)12-6-9-20(29)13-17-10-11-22-21(14-17)23(26-16-25-22)27-19-8-5-7-18(24)15-19;1-26(2)10-4-7-18(27)11-15-8-9-20-19(12-15)21(24-14-23-20)25-17-6-3-5-16(22)13-17;1-8-3-7-5(9(10)11)4(8)2-6;1-3-2;2*1-2(3)4;/h5-11,14-16H,4,12-13H2,1-3H3,(H,25,26,27);3-9,12-14H,10-11H2,1-2H3,(H,23,24,25);3H,2H2,1H3;3H2,1-2H3;2*1H3;1H3/q+1;;;;;;-1/b9-6+;7-4+;;;;;. The number of imidazole rings is 1. The molecule has 7 rings (SSSR count). The van der Waals surface area contributed by atoms with Crippen LogP contribution in [0.1, 0.15) is 44.0 Å². The van der Waals surface area contributed by atoms with Gasteiger partial charge in [0.1, 0.15) is 30.0 Å². The fourth-order valence-corrected chi connectivity index (χ4v) is 7.74. The Hall–Kier alpha value is -7.25. The summed E-state index contributed by atoms with van der Waals surface area (Å²) in [4.78, 5) is 74.1. The van der Waals surface area contributed by atoms with Crippen molar-refractivity contribution >= 4 is 110 Å². The molecule has 424 valence electrons. The Morgan fingerprint density at radius 2 is 1.13 bits per heavy atom. The summed E-state index contributed by atoms with van der Waals surface area (Å²) in [6.07, 6.45) is 13.7. The minimum absolute atomic E-state index is 0. The fourth-order valence-electron chi connectivity index (χ4n) is 6.30. The van der Waals surface area contributed by atoms with E-state index >= 15 is 0 Å². The number of ketones is 2. The fraction of sp³-hybridized carbons (Fsp3) is 0.309. The number of rotatable bonds is 17.